The van der Waals surface area contributed by atoms with Crippen molar-refractivity contribution in [1.29, 1.82) is 0 Å². The Bertz CT molecular complexity index is 258. The van der Waals surface area contributed by atoms with Crippen LogP contribution in [0.15, 0.2) is 0 Å². The van der Waals surface area contributed by atoms with Gasteiger partial charge in [0.1, 0.15) is 6.29 Å². The van der Waals surface area contributed by atoms with Crippen molar-refractivity contribution in [3.8, 4) is 0 Å². The molecule has 0 aromatic carbocycles. The molecule has 2 atom stereocenters. The summed E-state index contributed by atoms with van der Waals surface area (Å²) in [5, 5.41) is 0.205. The molecule has 1 heterocycles. The lowest BCUT2D eigenvalue weighted by molar-refractivity contribution is -0.116. The third-order valence-corrected chi connectivity index (χ3v) is 8.46. The molecule has 0 unspecified atom stereocenters. The van der Waals surface area contributed by atoms with Crippen molar-refractivity contribution in [2.75, 3.05) is 6.61 Å². The van der Waals surface area contributed by atoms with E-state index in [2.05, 4.69) is 33.9 Å². The van der Waals surface area contributed by atoms with Crippen molar-refractivity contribution in [3.05, 3.63) is 0 Å². The number of hydrogen-bond donors (Lipinski definition) is 0. The van der Waals surface area contributed by atoms with Crippen molar-refractivity contribution in [2.24, 2.45) is 0 Å². The van der Waals surface area contributed by atoms with Gasteiger partial charge in [0.05, 0.1) is 12.2 Å². The van der Waals surface area contributed by atoms with Crippen molar-refractivity contribution in [1.82, 2.24) is 0 Å². The smallest absolute Gasteiger partial charge is 0.192 e. The zero-order chi connectivity index (χ0) is 13.1. The van der Waals surface area contributed by atoms with Gasteiger partial charge in [-0.2, -0.15) is 0 Å². The van der Waals surface area contributed by atoms with Gasteiger partial charge in [0.25, 0.3) is 0 Å². The van der Waals surface area contributed by atoms with E-state index in [-0.39, 0.29) is 17.2 Å². The SMILES string of the molecule is CC(C)(C)[Si](C)(C)O[C@H]1CCCO[C@@H]1CC=O. The van der Waals surface area contributed by atoms with Crippen molar-refractivity contribution in [2.45, 2.75) is 70.4 Å². The maximum atomic E-state index is 10.7. The first-order chi connectivity index (χ1) is 7.78. The van der Waals surface area contributed by atoms with Crippen LogP contribution in [0.1, 0.15) is 40.0 Å². The van der Waals surface area contributed by atoms with Crippen molar-refractivity contribution < 1.29 is 14.0 Å². The second-order valence-electron chi connectivity index (χ2n) is 6.37. The molecule has 0 N–H and O–H groups in total. The summed E-state index contributed by atoms with van der Waals surface area (Å²) >= 11 is 0. The molecule has 1 saturated heterocycles. The summed E-state index contributed by atoms with van der Waals surface area (Å²) in [5.74, 6) is 0. The minimum absolute atomic E-state index is 0.0321. The highest BCUT2D eigenvalue weighted by Gasteiger charge is 2.41. The van der Waals surface area contributed by atoms with Gasteiger partial charge in [-0.3, -0.25) is 0 Å². The van der Waals surface area contributed by atoms with Crippen LogP contribution in [0.4, 0.5) is 0 Å². The molecule has 0 saturated carbocycles. The molecule has 1 aliphatic rings. The van der Waals surface area contributed by atoms with Gasteiger partial charge in [-0.1, -0.05) is 20.8 Å². The zero-order valence-corrected chi connectivity index (χ0v) is 12.8. The second-order valence-corrected chi connectivity index (χ2v) is 11.1. The van der Waals surface area contributed by atoms with Gasteiger partial charge in [0, 0.05) is 13.0 Å². The van der Waals surface area contributed by atoms with E-state index >= 15 is 0 Å². The van der Waals surface area contributed by atoms with Crippen molar-refractivity contribution in [3.63, 3.8) is 0 Å². The highest BCUT2D eigenvalue weighted by molar-refractivity contribution is 6.74. The third-order valence-electron chi connectivity index (χ3n) is 3.96. The Morgan fingerprint density at radius 1 is 1.41 bits per heavy atom. The molecule has 3 nitrogen and oxygen atoms in total. The Labute approximate surface area is 106 Å². The summed E-state index contributed by atoms with van der Waals surface area (Å²) in [5.41, 5.74) is 0. The summed E-state index contributed by atoms with van der Waals surface area (Å²) in [6.45, 7) is 12.0. The molecule has 0 aromatic heterocycles. The minimum Gasteiger partial charge on any atom is -0.411 e. The molecule has 4 heteroatoms. The van der Waals surface area contributed by atoms with Gasteiger partial charge >= 0.3 is 0 Å². The van der Waals surface area contributed by atoms with Gasteiger partial charge in [-0.15, -0.1) is 0 Å². The molecule has 0 aromatic rings. The average molecular weight is 258 g/mol. The summed E-state index contributed by atoms with van der Waals surface area (Å²) in [6.07, 6.45) is 3.53. The Hall–Kier alpha value is -0.193. The van der Waals surface area contributed by atoms with Crippen LogP contribution in [0.2, 0.25) is 18.1 Å². The summed E-state index contributed by atoms with van der Waals surface area (Å²) < 4.78 is 12.0. The zero-order valence-electron chi connectivity index (χ0n) is 11.8. The van der Waals surface area contributed by atoms with E-state index in [1.54, 1.807) is 0 Å². The molecule has 1 aliphatic heterocycles. The molecule has 0 spiro atoms. The van der Waals surface area contributed by atoms with E-state index in [0.29, 0.717) is 6.42 Å². The molecule has 1 fully saturated rings. The van der Waals surface area contributed by atoms with E-state index in [9.17, 15) is 4.79 Å². The molecule has 100 valence electrons. The summed E-state index contributed by atoms with van der Waals surface area (Å²) in [7, 11) is -1.76. The van der Waals surface area contributed by atoms with E-state index < -0.39 is 8.32 Å². The van der Waals surface area contributed by atoms with Crippen LogP contribution in [-0.4, -0.2) is 33.4 Å². The van der Waals surface area contributed by atoms with Gasteiger partial charge in [-0.05, 0) is 31.0 Å². The molecule has 1 rings (SSSR count). The molecule has 0 bridgehead atoms. The van der Waals surface area contributed by atoms with Crippen LogP contribution in [-0.2, 0) is 14.0 Å². The van der Waals surface area contributed by atoms with E-state index in [1.807, 2.05) is 0 Å². The number of carbonyl (C=O) groups is 1. The Balaban J connectivity index is 2.67. The van der Waals surface area contributed by atoms with Crippen LogP contribution in [0.5, 0.6) is 0 Å². The van der Waals surface area contributed by atoms with Gasteiger partial charge in [0.2, 0.25) is 0 Å². The fraction of sp³-hybridized carbons (Fsp3) is 0.923. The monoisotopic (exact) mass is 258 g/mol. The Morgan fingerprint density at radius 2 is 2.06 bits per heavy atom. The van der Waals surface area contributed by atoms with E-state index in [0.717, 1.165) is 25.7 Å². The second kappa shape index (κ2) is 5.63. The predicted octanol–water partition coefficient (Wildman–Crippen LogP) is 3.14. The number of aldehydes is 1. The number of ether oxygens (including phenoxy) is 1. The normalized spacial score (nSPS) is 26.9. The van der Waals surface area contributed by atoms with Gasteiger partial charge in [0.15, 0.2) is 8.32 Å². The number of hydrogen-bond acceptors (Lipinski definition) is 3. The number of carbonyl (C=O) groups excluding carboxylic acids is 1. The summed E-state index contributed by atoms with van der Waals surface area (Å²) in [4.78, 5) is 10.7. The minimum atomic E-state index is -1.76. The van der Waals surface area contributed by atoms with Crippen molar-refractivity contribution >= 4 is 14.6 Å². The quantitative estimate of drug-likeness (QED) is 0.574. The molecule has 0 radical (unpaired) electrons. The predicted molar refractivity (Wildman–Crippen MR) is 71.7 cm³/mol. The molecule has 17 heavy (non-hydrogen) atoms. The Morgan fingerprint density at radius 3 is 2.59 bits per heavy atom. The lowest BCUT2D eigenvalue weighted by atomic mass is 10.0. The summed E-state index contributed by atoms with van der Waals surface area (Å²) in [6, 6.07) is 0. The fourth-order valence-corrected chi connectivity index (χ4v) is 3.20. The first-order valence-corrected chi connectivity index (χ1v) is 9.42. The maximum absolute atomic E-state index is 10.7. The van der Waals surface area contributed by atoms with E-state index in [1.165, 1.54) is 0 Å². The molecular weight excluding hydrogens is 232 g/mol. The van der Waals surface area contributed by atoms with Crippen LogP contribution in [0.25, 0.3) is 0 Å². The lowest BCUT2D eigenvalue weighted by Gasteiger charge is -2.42. The standard InChI is InChI=1S/C13H26O3Si/c1-13(2,3)17(4,5)16-12-7-6-10-15-11(12)8-9-14/h9,11-12H,6-8,10H2,1-5H3/t11-,12+/m1/s1. The third kappa shape index (κ3) is 3.90. The van der Waals surface area contributed by atoms with Crippen LogP contribution >= 0.6 is 0 Å². The largest absolute Gasteiger partial charge is 0.411 e. The number of rotatable bonds is 4. The lowest BCUT2D eigenvalue weighted by Crippen LogP contribution is -2.49. The molecule has 0 amide bonds. The Kier molecular flexibility index (Phi) is 4.92. The first kappa shape index (κ1) is 14.9. The van der Waals surface area contributed by atoms with Crippen LogP contribution in [0, 0.1) is 0 Å². The molecule has 0 aliphatic carbocycles. The maximum Gasteiger partial charge on any atom is 0.192 e. The van der Waals surface area contributed by atoms with Gasteiger partial charge < -0.3 is 14.0 Å². The first-order valence-electron chi connectivity index (χ1n) is 6.51. The highest BCUT2D eigenvalue weighted by Crippen LogP contribution is 2.39. The van der Waals surface area contributed by atoms with Crippen LogP contribution in [0.3, 0.4) is 0 Å². The average Bonchev–Trinajstić information content (AvgIpc) is 2.19. The molecular formula is C13H26O3Si. The fourth-order valence-electron chi connectivity index (χ4n) is 1.82. The topological polar surface area (TPSA) is 35.5 Å². The highest BCUT2D eigenvalue weighted by atomic mass is 28.4. The van der Waals surface area contributed by atoms with E-state index in [4.69, 9.17) is 9.16 Å². The van der Waals surface area contributed by atoms with Gasteiger partial charge in [-0.25, -0.2) is 0 Å². The van der Waals surface area contributed by atoms with Crippen LogP contribution < -0.4 is 0 Å².